The van der Waals surface area contributed by atoms with Crippen LogP contribution < -0.4 is 14.8 Å². The number of carboxylic acid groups (broad SMARTS) is 1. The molecule has 1 aliphatic rings. The molecule has 0 spiro atoms. The van der Waals surface area contributed by atoms with Crippen molar-refractivity contribution in [3.63, 3.8) is 0 Å². The number of amides is 1. The van der Waals surface area contributed by atoms with E-state index in [1.54, 1.807) is 19.2 Å². The van der Waals surface area contributed by atoms with E-state index in [-0.39, 0.29) is 12.3 Å². The molecular formula is C27H28N2O5. The predicted molar refractivity (Wildman–Crippen MR) is 127 cm³/mol. The first kappa shape index (κ1) is 23.3. The van der Waals surface area contributed by atoms with Crippen LogP contribution in [0.1, 0.15) is 36.8 Å². The third-order valence-electron chi connectivity index (χ3n) is 6.63. The number of hydrogen-bond acceptors (Lipinski definition) is 4. The lowest BCUT2D eigenvalue weighted by Crippen LogP contribution is -2.51. The summed E-state index contributed by atoms with van der Waals surface area (Å²) >= 11 is 0. The lowest BCUT2D eigenvalue weighted by Gasteiger charge is -2.29. The van der Waals surface area contributed by atoms with Gasteiger partial charge in [0.05, 0.1) is 12.5 Å². The molecule has 1 saturated carbocycles. The minimum Gasteiger partial charge on any atom is -0.619 e. The normalized spacial score (nSPS) is 15.4. The highest BCUT2D eigenvalue weighted by atomic mass is 16.5. The van der Waals surface area contributed by atoms with E-state index in [0.29, 0.717) is 23.1 Å². The fourth-order valence-corrected chi connectivity index (χ4v) is 4.80. The van der Waals surface area contributed by atoms with E-state index in [1.807, 2.05) is 48.5 Å². The van der Waals surface area contributed by atoms with E-state index in [2.05, 4.69) is 5.32 Å². The monoisotopic (exact) mass is 460 g/mol. The van der Waals surface area contributed by atoms with Crippen molar-refractivity contribution < 1.29 is 24.2 Å². The van der Waals surface area contributed by atoms with Crippen LogP contribution in [0, 0.1) is 5.21 Å². The highest BCUT2D eigenvalue weighted by Gasteiger charge is 2.45. The first-order valence-electron chi connectivity index (χ1n) is 11.4. The van der Waals surface area contributed by atoms with Crippen LogP contribution in [0.15, 0.2) is 73.1 Å². The maximum atomic E-state index is 13.4. The average Bonchev–Trinajstić information content (AvgIpc) is 3.35. The van der Waals surface area contributed by atoms with E-state index < -0.39 is 17.4 Å². The number of carboxylic acids is 1. The highest BCUT2D eigenvalue weighted by molar-refractivity contribution is 5.91. The largest absolute Gasteiger partial charge is 0.619 e. The molecule has 7 heteroatoms. The number of carbonyl (C=O) groups is 2. The number of rotatable bonds is 8. The summed E-state index contributed by atoms with van der Waals surface area (Å²) in [6.07, 6.45) is 5.81. The van der Waals surface area contributed by atoms with E-state index >= 15 is 0 Å². The summed E-state index contributed by atoms with van der Waals surface area (Å²) in [6.45, 7) is 0. The number of aliphatic carboxylic acids is 1. The number of ether oxygens (including phenoxy) is 1. The fourth-order valence-electron chi connectivity index (χ4n) is 4.80. The minimum absolute atomic E-state index is 0.152. The van der Waals surface area contributed by atoms with Gasteiger partial charge in [0.15, 0.2) is 12.4 Å². The summed E-state index contributed by atoms with van der Waals surface area (Å²) in [5.74, 6) is -0.676. The molecule has 0 unspecified atom stereocenters. The summed E-state index contributed by atoms with van der Waals surface area (Å²) < 4.78 is 6.11. The molecule has 1 aliphatic carbocycles. The molecular weight excluding hydrogens is 432 g/mol. The molecule has 1 amide bonds. The molecule has 4 rings (SSSR count). The summed E-state index contributed by atoms with van der Waals surface area (Å²) in [4.78, 5) is 25.4. The lowest BCUT2D eigenvalue weighted by molar-refractivity contribution is -0.606. The Hall–Kier alpha value is -3.87. The van der Waals surface area contributed by atoms with Crippen molar-refractivity contribution in [1.29, 1.82) is 0 Å². The van der Waals surface area contributed by atoms with Gasteiger partial charge in [0, 0.05) is 23.6 Å². The molecule has 3 aromatic rings. The fraction of sp³-hybridized carbons (Fsp3) is 0.296. The molecule has 0 bridgehead atoms. The maximum Gasteiger partial charge on any atom is 0.326 e. The van der Waals surface area contributed by atoms with Crippen molar-refractivity contribution in [2.45, 2.75) is 43.6 Å². The summed E-state index contributed by atoms with van der Waals surface area (Å²) in [6, 6.07) is 17.6. The van der Waals surface area contributed by atoms with Crippen LogP contribution in [0.3, 0.4) is 0 Å². The van der Waals surface area contributed by atoms with Gasteiger partial charge in [0.25, 0.3) is 0 Å². The number of nitrogens with one attached hydrogen (secondary N) is 1. The molecule has 1 atom stereocenters. The predicted octanol–water partition coefficient (Wildman–Crippen LogP) is 3.62. The van der Waals surface area contributed by atoms with Crippen molar-refractivity contribution in [3.8, 4) is 16.9 Å². The number of hydrogen-bond donors (Lipinski definition) is 2. The Morgan fingerprint density at radius 1 is 1.09 bits per heavy atom. The number of aromatic nitrogens is 1. The van der Waals surface area contributed by atoms with Gasteiger partial charge in [0.1, 0.15) is 11.8 Å². The van der Waals surface area contributed by atoms with Gasteiger partial charge in [-0.1, -0.05) is 55.3 Å². The molecule has 1 heterocycles. The summed E-state index contributed by atoms with van der Waals surface area (Å²) in [7, 11) is 1.62. The number of nitrogens with zero attached hydrogens (tertiary/aromatic N) is 1. The van der Waals surface area contributed by atoms with Crippen LogP contribution >= 0.6 is 0 Å². The Kier molecular flexibility index (Phi) is 6.82. The number of carbonyl (C=O) groups excluding carboxylic acids is 1. The van der Waals surface area contributed by atoms with Gasteiger partial charge in [-0.15, -0.1) is 0 Å². The van der Waals surface area contributed by atoms with Crippen molar-refractivity contribution in [3.05, 3.63) is 89.4 Å². The Balaban J connectivity index is 1.52. The molecule has 1 fully saturated rings. The average molecular weight is 461 g/mol. The zero-order valence-corrected chi connectivity index (χ0v) is 19.1. The number of benzene rings is 2. The Morgan fingerprint density at radius 2 is 1.79 bits per heavy atom. The number of para-hydroxylation sites is 1. The standard InChI is InChI=1S/C27H28N2O5/c1-34-24-9-3-2-8-22(24)20-12-10-19(11-13-20)17-23(25(30)31)28-26(32)27(14-4-5-15-27)21-7-6-16-29(33)18-21/h2-3,6-13,16,18,23H,4-5,14-15,17H2,1H3,(H,28,32)(H,30,31)/t23-/m0/s1. The molecule has 2 aromatic carbocycles. The zero-order chi connectivity index (χ0) is 24.1. The van der Waals surface area contributed by atoms with Gasteiger partial charge in [-0.25, -0.2) is 4.79 Å². The van der Waals surface area contributed by atoms with Gasteiger partial charge in [0.2, 0.25) is 5.91 Å². The van der Waals surface area contributed by atoms with Crippen molar-refractivity contribution >= 4 is 11.9 Å². The van der Waals surface area contributed by atoms with Gasteiger partial charge in [-0.2, -0.15) is 4.73 Å². The van der Waals surface area contributed by atoms with Crippen LogP contribution in [0.4, 0.5) is 0 Å². The van der Waals surface area contributed by atoms with E-state index in [9.17, 15) is 19.9 Å². The second kappa shape index (κ2) is 9.95. The Labute approximate surface area is 198 Å². The van der Waals surface area contributed by atoms with Crippen LogP contribution in [-0.2, 0) is 21.4 Å². The number of pyridine rings is 1. The first-order valence-corrected chi connectivity index (χ1v) is 11.4. The summed E-state index contributed by atoms with van der Waals surface area (Å²) in [5, 5.41) is 24.4. The lowest BCUT2D eigenvalue weighted by atomic mass is 9.78. The quantitative estimate of drug-likeness (QED) is 0.395. The van der Waals surface area contributed by atoms with Crippen molar-refractivity contribution in [2.75, 3.05) is 7.11 Å². The Morgan fingerprint density at radius 3 is 2.44 bits per heavy atom. The van der Waals surface area contributed by atoms with Crippen LogP contribution in [-0.4, -0.2) is 30.1 Å². The van der Waals surface area contributed by atoms with Crippen LogP contribution in [0.5, 0.6) is 5.75 Å². The molecule has 34 heavy (non-hydrogen) atoms. The minimum atomic E-state index is -1.10. The third kappa shape index (κ3) is 4.73. The SMILES string of the molecule is COc1ccccc1-c1ccc(C[C@H](NC(=O)C2(c3ccc[n+]([O-])c3)CCCC2)C(=O)O)cc1. The Bertz CT molecular complexity index is 1170. The molecule has 176 valence electrons. The van der Waals surface area contributed by atoms with Gasteiger partial charge < -0.3 is 20.4 Å². The first-order chi connectivity index (χ1) is 16.4. The molecule has 0 radical (unpaired) electrons. The third-order valence-corrected chi connectivity index (χ3v) is 6.63. The highest BCUT2D eigenvalue weighted by Crippen LogP contribution is 2.41. The topological polar surface area (TPSA) is 103 Å². The van der Waals surface area contributed by atoms with Crippen LogP contribution in [0.25, 0.3) is 11.1 Å². The molecule has 7 nitrogen and oxygen atoms in total. The molecule has 1 aromatic heterocycles. The molecule has 2 N–H and O–H groups in total. The molecule has 0 aliphatic heterocycles. The van der Waals surface area contributed by atoms with E-state index in [1.165, 1.54) is 12.4 Å². The van der Waals surface area contributed by atoms with Crippen LogP contribution in [0.2, 0.25) is 0 Å². The second-order valence-electron chi connectivity index (χ2n) is 8.71. The zero-order valence-electron chi connectivity index (χ0n) is 19.1. The maximum absolute atomic E-state index is 13.4. The van der Waals surface area contributed by atoms with E-state index in [0.717, 1.165) is 35.3 Å². The van der Waals surface area contributed by atoms with Gasteiger partial charge >= 0.3 is 5.97 Å². The van der Waals surface area contributed by atoms with Crippen molar-refractivity contribution in [2.24, 2.45) is 0 Å². The van der Waals surface area contributed by atoms with Gasteiger partial charge in [-0.3, -0.25) is 4.79 Å². The molecule has 0 saturated heterocycles. The van der Waals surface area contributed by atoms with Crippen molar-refractivity contribution in [1.82, 2.24) is 5.32 Å². The van der Waals surface area contributed by atoms with E-state index in [4.69, 9.17) is 4.74 Å². The number of methoxy groups -OCH3 is 1. The second-order valence-corrected chi connectivity index (χ2v) is 8.71. The smallest absolute Gasteiger partial charge is 0.326 e. The van der Waals surface area contributed by atoms with Gasteiger partial charge in [-0.05, 0) is 36.1 Å². The summed E-state index contributed by atoms with van der Waals surface area (Å²) in [5.41, 5.74) is 2.45.